The summed E-state index contributed by atoms with van der Waals surface area (Å²) in [5, 5.41) is 0. The minimum atomic E-state index is 0.346. The number of aromatic amines is 1. The SMILES string of the molecule is NCN=Cc1ccc[nH]1. The average molecular weight is 123 g/mol. The molecule has 1 rings (SSSR count). The van der Waals surface area contributed by atoms with E-state index in [4.69, 9.17) is 5.73 Å². The van der Waals surface area contributed by atoms with Gasteiger partial charge in [0.05, 0.1) is 12.4 Å². The third-order valence-electron chi connectivity index (χ3n) is 0.958. The van der Waals surface area contributed by atoms with E-state index in [1.165, 1.54) is 0 Å². The summed E-state index contributed by atoms with van der Waals surface area (Å²) in [4.78, 5) is 6.80. The zero-order valence-electron chi connectivity index (χ0n) is 5.04. The first-order valence-corrected chi connectivity index (χ1v) is 2.77. The van der Waals surface area contributed by atoms with Crippen LogP contribution in [0, 0.1) is 0 Å². The Morgan fingerprint density at radius 2 is 2.67 bits per heavy atom. The average Bonchev–Trinajstić information content (AvgIpc) is 2.34. The van der Waals surface area contributed by atoms with Gasteiger partial charge in [-0.1, -0.05) is 0 Å². The largest absolute Gasteiger partial charge is 0.360 e. The lowest BCUT2D eigenvalue weighted by atomic mass is 10.5. The van der Waals surface area contributed by atoms with Crippen LogP contribution >= 0.6 is 0 Å². The van der Waals surface area contributed by atoms with Gasteiger partial charge in [0.15, 0.2) is 0 Å². The number of rotatable bonds is 2. The molecule has 0 fully saturated rings. The molecule has 48 valence electrons. The fraction of sp³-hybridized carbons (Fsp3) is 0.167. The van der Waals surface area contributed by atoms with Gasteiger partial charge in [-0.15, -0.1) is 0 Å². The molecule has 0 amide bonds. The Balaban J connectivity index is 2.57. The van der Waals surface area contributed by atoms with Crippen molar-refractivity contribution in [1.82, 2.24) is 4.98 Å². The number of hydrogen-bond donors (Lipinski definition) is 2. The van der Waals surface area contributed by atoms with Gasteiger partial charge in [0, 0.05) is 12.4 Å². The van der Waals surface area contributed by atoms with Gasteiger partial charge in [-0.3, -0.25) is 4.99 Å². The maximum Gasteiger partial charge on any atom is 0.0860 e. The van der Waals surface area contributed by atoms with E-state index in [1.54, 1.807) is 6.21 Å². The van der Waals surface area contributed by atoms with Crippen LogP contribution in [0.4, 0.5) is 0 Å². The van der Waals surface area contributed by atoms with Crippen molar-refractivity contribution >= 4 is 6.21 Å². The highest BCUT2D eigenvalue weighted by molar-refractivity contribution is 5.76. The molecular weight excluding hydrogens is 114 g/mol. The number of aliphatic imine (C=N–C) groups is 1. The molecule has 0 bridgehead atoms. The molecule has 3 heteroatoms. The highest BCUT2D eigenvalue weighted by atomic mass is 14.9. The molecular formula is C6H9N3. The van der Waals surface area contributed by atoms with Crippen LogP contribution in [0.15, 0.2) is 23.3 Å². The van der Waals surface area contributed by atoms with E-state index in [-0.39, 0.29) is 0 Å². The van der Waals surface area contributed by atoms with Crippen LogP contribution in [0.25, 0.3) is 0 Å². The number of aromatic nitrogens is 1. The van der Waals surface area contributed by atoms with E-state index >= 15 is 0 Å². The molecule has 3 N–H and O–H groups in total. The Labute approximate surface area is 53.6 Å². The summed E-state index contributed by atoms with van der Waals surface area (Å²) in [6.45, 7) is 0.346. The molecule has 0 aliphatic rings. The van der Waals surface area contributed by atoms with Gasteiger partial charge in [-0.25, -0.2) is 0 Å². The first kappa shape index (κ1) is 6.04. The van der Waals surface area contributed by atoms with Gasteiger partial charge in [0.1, 0.15) is 0 Å². The number of nitrogens with zero attached hydrogens (tertiary/aromatic N) is 1. The molecule has 1 heterocycles. The van der Waals surface area contributed by atoms with Crippen LogP contribution < -0.4 is 5.73 Å². The second-order valence-corrected chi connectivity index (χ2v) is 1.62. The zero-order chi connectivity index (χ0) is 6.53. The second-order valence-electron chi connectivity index (χ2n) is 1.62. The molecule has 0 spiro atoms. The van der Waals surface area contributed by atoms with Gasteiger partial charge in [-0.05, 0) is 12.1 Å². The summed E-state index contributed by atoms with van der Waals surface area (Å²) in [5.74, 6) is 0. The fourth-order valence-corrected chi connectivity index (χ4v) is 0.576. The van der Waals surface area contributed by atoms with Gasteiger partial charge < -0.3 is 10.7 Å². The van der Waals surface area contributed by atoms with Crippen molar-refractivity contribution in [2.24, 2.45) is 10.7 Å². The van der Waals surface area contributed by atoms with Crippen molar-refractivity contribution in [3.05, 3.63) is 24.0 Å². The van der Waals surface area contributed by atoms with Gasteiger partial charge in [-0.2, -0.15) is 0 Å². The Morgan fingerprint density at radius 1 is 1.78 bits per heavy atom. The van der Waals surface area contributed by atoms with Crippen LogP contribution in [0.1, 0.15) is 5.69 Å². The summed E-state index contributed by atoms with van der Waals surface area (Å²) in [5.41, 5.74) is 6.12. The van der Waals surface area contributed by atoms with Crippen molar-refractivity contribution in [1.29, 1.82) is 0 Å². The summed E-state index contributed by atoms with van der Waals surface area (Å²) in [6, 6.07) is 3.84. The van der Waals surface area contributed by atoms with Crippen molar-refractivity contribution in [2.45, 2.75) is 0 Å². The van der Waals surface area contributed by atoms with Crippen molar-refractivity contribution in [3.63, 3.8) is 0 Å². The fourth-order valence-electron chi connectivity index (χ4n) is 0.576. The number of nitrogens with two attached hydrogens (primary N) is 1. The van der Waals surface area contributed by atoms with Crippen LogP contribution in [0.3, 0.4) is 0 Å². The van der Waals surface area contributed by atoms with Crippen molar-refractivity contribution in [3.8, 4) is 0 Å². The quantitative estimate of drug-likeness (QED) is 0.548. The van der Waals surface area contributed by atoms with Crippen LogP contribution in [0.2, 0.25) is 0 Å². The smallest absolute Gasteiger partial charge is 0.0860 e. The molecule has 0 aliphatic heterocycles. The van der Waals surface area contributed by atoms with E-state index in [9.17, 15) is 0 Å². The molecule has 9 heavy (non-hydrogen) atoms. The van der Waals surface area contributed by atoms with Crippen molar-refractivity contribution in [2.75, 3.05) is 6.67 Å². The minimum absolute atomic E-state index is 0.346. The molecule has 1 aromatic heterocycles. The summed E-state index contributed by atoms with van der Waals surface area (Å²) in [6.07, 6.45) is 3.55. The lowest BCUT2D eigenvalue weighted by molar-refractivity contribution is 1.08. The van der Waals surface area contributed by atoms with E-state index in [0.717, 1.165) is 5.69 Å². The summed E-state index contributed by atoms with van der Waals surface area (Å²) < 4.78 is 0. The second kappa shape index (κ2) is 3.04. The Morgan fingerprint density at radius 3 is 3.22 bits per heavy atom. The van der Waals surface area contributed by atoms with E-state index in [2.05, 4.69) is 9.98 Å². The highest BCUT2D eigenvalue weighted by Crippen LogP contribution is 1.87. The Hall–Kier alpha value is -1.09. The number of H-pyrrole nitrogens is 1. The normalized spacial score (nSPS) is 10.8. The first-order chi connectivity index (χ1) is 4.43. The lowest BCUT2D eigenvalue weighted by Gasteiger charge is -1.81. The standard InChI is InChI=1S/C6H9N3/c7-5-8-4-6-2-1-3-9-6/h1-4,9H,5,7H2. The number of nitrogens with one attached hydrogen (secondary N) is 1. The summed E-state index contributed by atoms with van der Waals surface area (Å²) >= 11 is 0. The predicted molar refractivity (Wildman–Crippen MR) is 37.4 cm³/mol. The molecule has 3 nitrogen and oxygen atoms in total. The Kier molecular flexibility index (Phi) is 2.04. The molecule has 0 unspecified atom stereocenters. The maximum absolute atomic E-state index is 5.13. The molecule has 0 radical (unpaired) electrons. The lowest BCUT2D eigenvalue weighted by Crippen LogP contribution is -1.94. The molecule has 0 atom stereocenters. The maximum atomic E-state index is 5.13. The number of hydrogen-bond acceptors (Lipinski definition) is 2. The van der Waals surface area contributed by atoms with Gasteiger partial charge >= 0.3 is 0 Å². The highest BCUT2D eigenvalue weighted by Gasteiger charge is 1.80. The molecule has 0 aliphatic carbocycles. The van der Waals surface area contributed by atoms with Crippen molar-refractivity contribution < 1.29 is 0 Å². The van der Waals surface area contributed by atoms with Crippen LogP contribution in [0.5, 0.6) is 0 Å². The molecule has 0 saturated carbocycles. The van der Waals surface area contributed by atoms with E-state index < -0.39 is 0 Å². The zero-order valence-corrected chi connectivity index (χ0v) is 5.04. The van der Waals surface area contributed by atoms with E-state index in [0.29, 0.717) is 6.67 Å². The topological polar surface area (TPSA) is 54.2 Å². The monoisotopic (exact) mass is 123 g/mol. The van der Waals surface area contributed by atoms with E-state index in [1.807, 2.05) is 18.3 Å². The van der Waals surface area contributed by atoms with Gasteiger partial charge in [0.25, 0.3) is 0 Å². The predicted octanol–water partition coefficient (Wildman–Crippen LogP) is 0.350. The third-order valence-corrected chi connectivity index (χ3v) is 0.958. The third kappa shape index (κ3) is 1.70. The Bertz CT molecular complexity index is 176. The van der Waals surface area contributed by atoms with Gasteiger partial charge in [0.2, 0.25) is 0 Å². The molecule has 0 aromatic carbocycles. The van der Waals surface area contributed by atoms with Crippen LogP contribution in [-0.2, 0) is 0 Å². The summed E-state index contributed by atoms with van der Waals surface area (Å²) in [7, 11) is 0. The van der Waals surface area contributed by atoms with Crippen LogP contribution in [-0.4, -0.2) is 17.9 Å². The molecule has 1 aromatic rings. The minimum Gasteiger partial charge on any atom is -0.360 e. The molecule has 0 saturated heterocycles. The first-order valence-electron chi connectivity index (χ1n) is 2.77.